The number of rotatable bonds is 2. The van der Waals surface area contributed by atoms with Crippen LogP contribution in [0.5, 0.6) is 0 Å². The fraction of sp³-hybridized carbons (Fsp3) is 0.750. The molecule has 2 saturated heterocycles. The highest BCUT2D eigenvalue weighted by Gasteiger charge is 2.25. The topological polar surface area (TPSA) is 27.1 Å². The molecule has 1 unspecified atom stereocenters. The first-order valence-electron chi connectivity index (χ1n) is 6.13. The number of aromatic nitrogens is 2. The zero-order chi connectivity index (χ0) is 10.8. The summed E-state index contributed by atoms with van der Waals surface area (Å²) in [6.45, 7) is 1.80. The molecule has 4 heteroatoms. The second kappa shape index (κ2) is 4.80. The van der Waals surface area contributed by atoms with Gasteiger partial charge in [0.1, 0.15) is 5.82 Å². The van der Waals surface area contributed by atoms with Crippen molar-refractivity contribution in [3.63, 3.8) is 0 Å². The van der Waals surface area contributed by atoms with Crippen LogP contribution in [0.25, 0.3) is 0 Å². The third kappa shape index (κ3) is 2.00. The number of nitrogens with zero attached hydrogens (tertiary/aromatic N) is 2. The zero-order valence-corrected chi connectivity index (χ0v) is 10.3. The second-order valence-electron chi connectivity index (χ2n) is 4.60. The second-order valence-corrected chi connectivity index (χ2v) is 5.75. The maximum Gasteiger partial charge on any atom is 0.112 e. The standard InChI is InChI=1S/C12H18N2OS/c1-6-15-7-2-10(1)12-13-4-5-14(12)11-3-8-16-9-11/h4-5,10-11H,1-3,6-9H2. The maximum atomic E-state index is 5.42. The van der Waals surface area contributed by atoms with E-state index in [1.807, 2.05) is 6.20 Å². The molecule has 3 heterocycles. The Hall–Kier alpha value is -0.480. The molecule has 0 aromatic carbocycles. The Balaban J connectivity index is 1.80. The first-order valence-corrected chi connectivity index (χ1v) is 7.29. The van der Waals surface area contributed by atoms with Crippen molar-refractivity contribution in [1.29, 1.82) is 0 Å². The lowest BCUT2D eigenvalue weighted by atomic mass is 9.99. The van der Waals surface area contributed by atoms with Gasteiger partial charge in [-0.2, -0.15) is 11.8 Å². The van der Waals surface area contributed by atoms with Crippen molar-refractivity contribution in [2.24, 2.45) is 0 Å². The molecule has 3 nitrogen and oxygen atoms in total. The average molecular weight is 238 g/mol. The molecule has 0 saturated carbocycles. The van der Waals surface area contributed by atoms with Crippen LogP contribution in [-0.4, -0.2) is 34.3 Å². The smallest absolute Gasteiger partial charge is 0.112 e. The SMILES string of the molecule is c1cn(C2CCSC2)c(C2CCOCC2)n1. The van der Waals surface area contributed by atoms with Crippen LogP contribution >= 0.6 is 11.8 Å². The molecule has 1 aromatic rings. The Morgan fingerprint density at radius 2 is 2.19 bits per heavy atom. The van der Waals surface area contributed by atoms with Crippen molar-refractivity contribution in [1.82, 2.24) is 9.55 Å². The molecule has 1 atom stereocenters. The number of thioether (sulfide) groups is 1. The molecule has 2 fully saturated rings. The first kappa shape index (κ1) is 10.7. The molecule has 0 radical (unpaired) electrons. The van der Waals surface area contributed by atoms with Gasteiger partial charge in [0, 0.05) is 43.3 Å². The summed E-state index contributed by atoms with van der Waals surface area (Å²) in [6, 6.07) is 0.686. The summed E-state index contributed by atoms with van der Waals surface area (Å²) in [7, 11) is 0. The van der Waals surface area contributed by atoms with E-state index in [0.29, 0.717) is 12.0 Å². The molecule has 2 aliphatic heterocycles. The van der Waals surface area contributed by atoms with E-state index in [0.717, 1.165) is 26.1 Å². The van der Waals surface area contributed by atoms with Gasteiger partial charge in [0.25, 0.3) is 0 Å². The van der Waals surface area contributed by atoms with Crippen molar-refractivity contribution in [3.05, 3.63) is 18.2 Å². The molecule has 0 bridgehead atoms. The molecule has 88 valence electrons. The van der Waals surface area contributed by atoms with E-state index in [2.05, 4.69) is 27.5 Å². The zero-order valence-electron chi connectivity index (χ0n) is 9.47. The van der Waals surface area contributed by atoms with Gasteiger partial charge in [-0.15, -0.1) is 0 Å². The minimum absolute atomic E-state index is 0.620. The molecule has 16 heavy (non-hydrogen) atoms. The predicted octanol–water partition coefficient (Wildman–Crippen LogP) is 2.46. The highest BCUT2D eigenvalue weighted by Crippen LogP contribution is 2.33. The molecule has 0 aliphatic carbocycles. The lowest BCUT2D eigenvalue weighted by molar-refractivity contribution is 0.0825. The van der Waals surface area contributed by atoms with Crippen molar-refractivity contribution >= 4 is 11.8 Å². The summed E-state index contributed by atoms with van der Waals surface area (Å²) < 4.78 is 7.85. The van der Waals surface area contributed by atoms with Crippen LogP contribution in [-0.2, 0) is 4.74 Å². The van der Waals surface area contributed by atoms with Gasteiger partial charge < -0.3 is 9.30 Å². The van der Waals surface area contributed by atoms with Gasteiger partial charge in [0.2, 0.25) is 0 Å². The molecule has 0 N–H and O–H groups in total. The minimum Gasteiger partial charge on any atom is -0.381 e. The van der Waals surface area contributed by atoms with E-state index < -0.39 is 0 Å². The van der Waals surface area contributed by atoms with Crippen LogP contribution in [0.15, 0.2) is 12.4 Å². The minimum atomic E-state index is 0.620. The Bertz CT molecular complexity index is 341. The number of ether oxygens (including phenoxy) is 1. The molecule has 0 amide bonds. The van der Waals surface area contributed by atoms with Gasteiger partial charge >= 0.3 is 0 Å². The number of imidazole rings is 1. The van der Waals surface area contributed by atoms with Gasteiger partial charge in [-0.1, -0.05) is 0 Å². The van der Waals surface area contributed by atoms with Crippen LogP contribution < -0.4 is 0 Å². The fourth-order valence-corrected chi connectivity index (χ4v) is 3.85. The summed E-state index contributed by atoms with van der Waals surface area (Å²) in [5, 5.41) is 0. The Morgan fingerprint density at radius 1 is 1.31 bits per heavy atom. The van der Waals surface area contributed by atoms with Crippen LogP contribution in [0.1, 0.15) is 37.0 Å². The monoisotopic (exact) mass is 238 g/mol. The van der Waals surface area contributed by atoms with Crippen molar-refractivity contribution in [3.8, 4) is 0 Å². The summed E-state index contributed by atoms with van der Waals surface area (Å²) in [5.41, 5.74) is 0. The predicted molar refractivity (Wildman–Crippen MR) is 66.0 cm³/mol. The fourth-order valence-electron chi connectivity index (χ4n) is 2.65. The Morgan fingerprint density at radius 3 is 2.94 bits per heavy atom. The van der Waals surface area contributed by atoms with E-state index in [9.17, 15) is 0 Å². The average Bonchev–Trinajstić information content (AvgIpc) is 3.01. The van der Waals surface area contributed by atoms with E-state index >= 15 is 0 Å². The summed E-state index contributed by atoms with van der Waals surface area (Å²) >= 11 is 2.06. The third-order valence-electron chi connectivity index (χ3n) is 3.58. The van der Waals surface area contributed by atoms with Gasteiger partial charge in [0.05, 0.1) is 0 Å². The van der Waals surface area contributed by atoms with Gasteiger partial charge in [-0.25, -0.2) is 4.98 Å². The van der Waals surface area contributed by atoms with E-state index in [1.54, 1.807) is 0 Å². The number of hydrogen-bond acceptors (Lipinski definition) is 3. The van der Waals surface area contributed by atoms with E-state index in [4.69, 9.17) is 4.74 Å². The maximum absolute atomic E-state index is 5.42. The lowest BCUT2D eigenvalue weighted by Gasteiger charge is -2.24. The van der Waals surface area contributed by atoms with Crippen molar-refractivity contribution in [2.45, 2.75) is 31.2 Å². The third-order valence-corrected chi connectivity index (χ3v) is 4.73. The number of hydrogen-bond donors (Lipinski definition) is 0. The molecular weight excluding hydrogens is 220 g/mol. The highest BCUT2D eigenvalue weighted by atomic mass is 32.2. The summed E-state index contributed by atoms with van der Waals surface area (Å²) in [6.07, 6.45) is 7.71. The van der Waals surface area contributed by atoms with Gasteiger partial charge in [-0.05, 0) is 25.0 Å². The van der Waals surface area contributed by atoms with Gasteiger partial charge in [0.15, 0.2) is 0 Å². The largest absolute Gasteiger partial charge is 0.381 e. The summed E-state index contributed by atoms with van der Waals surface area (Å²) in [4.78, 5) is 4.58. The van der Waals surface area contributed by atoms with Crippen molar-refractivity contribution < 1.29 is 4.74 Å². The Kier molecular flexibility index (Phi) is 3.20. The molecule has 3 rings (SSSR count). The normalized spacial score (nSPS) is 27.4. The first-order chi connectivity index (χ1) is 7.95. The van der Waals surface area contributed by atoms with Gasteiger partial charge in [-0.3, -0.25) is 0 Å². The van der Waals surface area contributed by atoms with E-state index in [-0.39, 0.29) is 0 Å². The summed E-state index contributed by atoms with van der Waals surface area (Å²) in [5.74, 6) is 4.48. The quantitative estimate of drug-likeness (QED) is 0.792. The van der Waals surface area contributed by atoms with Crippen LogP contribution in [0.2, 0.25) is 0 Å². The molecule has 1 aromatic heterocycles. The van der Waals surface area contributed by atoms with Crippen molar-refractivity contribution in [2.75, 3.05) is 24.7 Å². The molecule has 2 aliphatic rings. The molecular formula is C12H18N2OS. The van der Waals surface area contributed by atoms with Crippen LogP contribution in [0.3, 0.4) is 0 Å². The van der Waals surface area contributed by atoms with Crippen LogP contribution in [0, 0.1) is 0 Å². The molecule has 0 spiro atoms. The van der Waals surface area contributed by atoms with E-state index in [1.165, 1.54) is 23.8 Å². The van der Waals surface area contributed by atoms with Crippen LogP contribution in [0.4, 0.5) is 0 Å². The highest BCUT2D eigenvalue weighted by molar-refractivity contribution is 7.99. The Labute approximate surface area is 101 Å². The lowest BCUT2D eigenvalue weighted by Crippen LogP contribution is -2.20.